The predicted molar refractivity (Wildman–Crippen MR) is 93.8 cm³/mol. The van der Waals surface area contributed by atoms with Gasteiger partial charge in [-0.3, -0.25) is 4.79 Å². The molecule has 4 rings (SSSR count). The zero-order valence-electron chi connectivity index (χ0n) is 13.7. The molecule has 0 radical (unpaired) electrons. The molecule has 6 nitrogen and oxygen atoms in total. The van der Waals surface area contributed by atoms with E-state index in [1.54, 1.807) is 6.92 Å². The van der Waals surface area contributed by atoms with E-state index in [1.807, 2.05) is 17.3 Å². The van der Waals surface area contributed by atoms with Crippen molar-refractivity contribution in [1.29, 1.82) is 0 Å². The van der Waals surface area contributed by atoms with Gasteiger partial charge in [0.05, 0.1) is 5.69 Å². The number of amidine groups is 1. The summed E-state index contributed by atoms with van der Waals surface area (Å²) in [6.45, 7) is 4.81. The Morgan fingerprint density at radius 3 is 2.79 bits per heavy atom. The number of rotatable bonds is 2. The maximum absolute atomic E-state index is 11.5. The van der Waals surface area contributed by atoms with Gasteiger partial charge in [0.2, 0.25) is 5.91 Å². The van der Waals surface area contributed by atoms with Crippen LogP contribution in [0.1, 0.15) is 18.5 Å². The first-order valence-electron chi connectivity index (χ1n) is 8.37. The fraction of sp³-hybridized carbons (Fsp3) is 0.389. The van der Waals surface area contributed by atoms with Crippen LogP contribution >= 0.6 is 0 Å². The third-order valence-corrected chi connectivity index (χ3v) is 4.89. The van der Waals surface area contributed by atoms with Crippen LogP contribution in [0.4, 0.5) is 5.82 Å². The number of nitrogens with zero attached hydrogens (tertiary/aromatic N) is 4. The molecule has 1 saturated heterocycles. The molecule has 1 amide bonds. The van der Waals surface area contributed by atoms with Crippen LogP contribution in [0.25, 0.3) is 0 Å². The Kier molecular flexibility index (Phi) is 3.80. The lowest BCUT2D eigenvalue weighted by molar-refractivity contribution is -0.129. The van der Waals surface area contributed by atoms with E-state index in [1.165, 1.54) is 0 Å². The second kappa shape index (κ2) is 6.11. The molecule has 0 bridgehead atoms. The van der Waals surface area contributed by atoms with E-state index in [0.29, 0.717) is 0 Å². The lowest BCUT2D eigenvalue weighted by atomic mass is 9.87. The predicted octanol–water partition coefficient (Wildman–Crippen LogP) is 1.49. The van der Waals surface area contributed by atoms with E-state index in [9.17, 15) is 4.79 Å². The largest absolute Gasteiger partial charge is 0.353 e. The minimum absolute atomic E-state index is 0.149. The maximum atomic E-state index is 11.5. The molecule has 0 saturated carbocycles. The fourth-order valence-corrected chi connectivity index (χ4v) is 3.51. The van der Waals surface area contributed by atoms with Crippen LogP contribution in [0.2, 0.25) is 0 Å². The molecule has 1 N–H and O–H groups in total. The van der Waals surface area contributed by atoms with Crippen molar-refractivity contribution < 1.29 is 4.79 Å². The second-order valence-electron chi connectivity index (χ2n) is 6.32. The monoisotopic (exact) mass is 323 g/mol. The summed E-state index contributed by atoms with van der Waals surface area (Å²) in [7, 11) is 0. The number of carbonyl (C=O) groups is 1. The molecule has 2 unspecified atom stereocenters. The first-order chi connectivity index (χ1) is 11.7. The van der Waals surface area contributed by atoms with Crippen LogP contribution in [-0.4, -0.2) is 47.8 Å². The van der Waals surface area contributed by atoms with Crippen molar-refractivity contribution in [1.82, 2.24) is 15.2 Å². The van der Waals surface area contributed by atoms with Gasteiger partial charge in [-0.2, -0.15) is 0 Å². The Morgan fingerprint density at radius 1 is 1.17 bits per heavy atom. The van der Waals surface area contributed by atoms with E-state index in [0.717, 1.165) is 43.5 Å². The van der Waals surface area contributed by atoms with Crippen molar-refractivity contribution in [3.05, 3.63) is 48.4 Å². The standard InChI is InChI=1S/C18H21N5O/c1-13(24)22-9-11-23(12-10-22)17-4-2-3-16(21-17)14-5-7-19-18-15(14)6-8-20-18/h2-8,14-15H,9-12H2,1H3,(H,19,20). The van der Waals surface area contributed by atoms with Gasteiger partial charge in [0.15, 0.2) is 0 Å². The molecule has 2 atom stereocenters. The number of piperazine rings is 1. The van der Waals surface area contributed by atoms with Crippen molar-refractivity contribution in [2.24, 2.45) is 10.9 Å². The Morgan fingerprint density at radius 2 is 2.00 bits per heavy atom. The van der Waals surface area contributed by atoms with E-state index < -0.39 is 0 Å². The summed E-state index contributed by atoms with van der Waals surface area (Å²) in [4.78, 5) is 24.9. The van der Waals surface area contributed by atoms with Gasteiger partial charge in [-0.05, 0) is 18.3 Å². The van der Waals surface area contributed by atoms with Gasteiger partial charge in [-0.15, -0.1) is 0 Å². The average molecular weight is 323 g/mol. The average Bonchev–Trinajstić information content (AvgIpc) is 3.10. The van der Waals surface area contributed by atoms with Crippen molar-refractivity contribution in [3.63, 3.8) is 0 Å². The number of amides is 1. The zero-order valence-corrected chi connectivity index (χ0v) is 13.7. The van der Waals surface area contributed by atoms with E-state index >= 15 is 0 Å². The number of carbonyl (C=O) groups excluding carboxylic acids is 1. The van der Waals surface area contributed by atoms with Crippen LogP contribution in [0.15, 0.2) is 47.7 Å². The molecule has 3 aliphatic heterocycles. The third kappa shape index (κ3) is 2.68. The lowest BCUT2D eigenvalue weighted by Gasteiger charge is -2.35. The van der Waals surface area contributed by atoms with Gasteiger partial charge in [0.25, 0.3) is 0 Å². The summed E-state index contributed by atoms with van der Waals surface area (Å²) in [5.41, 5.74) is 1.06. The summed E-state index contributed by atoms with van der Waals surface area (Å²) in [5.74, 6) is 2.58. The van der Waals surface area contributed by atoms with Crippen LogP contribution in [0.3, 0.4) is 0 Å². The number of hydrogen-bond donors (Lipinski definition) is 1. The van der Waals surface area contributed by atoms with Gasteiger partial charge in [-0.1, -0.05) is 18.2 Å². The lowest BCUT2D eigenvalue weighted by Crippen LogP contribution is -2.48. The van der Waals surface area contributed by atoms with Crippen LogP contribution in [-0.2, 0) is 4.79 Å². The highest BCUT2D eigenvalue weighted by atomic mass is 16.2. The van der Waals surface area contributed by atoms with Gasteiger partial charge >= 0.3 is 0 Å². The van der Waals surface area contributed by atoms with Crippen molar-refractivity contribution >= 4 is 17.6 Å². The quantitative estimate of drug-likeness (QED) is 0.896. The molecule has 4 heterocycles. The summed E-state index contributed by atoms with van der Waals surface area (Å²) in [6.07, 6.45) is 8.07. The molecule has 3 aliphatic rings. The third-order valence-electron chi connectivity index (χ3n) is 4.89. The maximum Gasteiger partial charge on any atom is 0.219 e. The van der Waals surface area contributed by atoms with Crippen LogP contribution in [0.5, 0.6) is 0 Å². The molecule has 24 heavy (non-hydrogen) atoms. The highest BCUT2D eigenvalue weighted by molar-refractivity contribution is 5.91. The smallest absolute Gasteiger partial charge is 0.219 e. The molecule has 1 fully saturated rings. The molecule has 1 aromatic rings. The van der Waals surface area contributed by atoms with Crippen LogP contribution < -0.4 is 10.2 Å². The number of fused-ring (bicyclic) bond motifs is 1. The highest BCUT2D eigenvalue weighted by Gasteiger charge is 2.30. The molecule has 124 valence electrons. The zero-order chi connectivity index (χ0) is 16.5. The second-order valence-corrected chi connectivity index (χ2v) is 6.32. The molecule has 6 heteroatoms. The number of nitrogens with one attached hydrogen (secondary N) is 1. The van der Waals surface area contributed by atoms with Crippen molar-refractivity contribution in [2.45, 2.75) is 12.8 Å². The first-order valence-corrected chi connectivity index (χ1v) is 8.37. The number of anilines is 1. The summed E-state index contributed by atoms with van der Waals surface area (Å²) < 4.78 is 0. The Balaban J connectivity index is 1.52. The minimum atomic E-state index is 0.149. The SMILES string of the molecule is CC(=O)N1CCN(c2cccc(C3C=CN=C4NC=CC43)n2)CC1. The number of hydrogen-bond acceptors (Lipinski definition) is 5. The number of aliphatic imine (C=N–C) groups is 1. The minimum Gasteiger partial charge on any atom is -0.353 e. The fourth-order valence-electron chi connectivity index (χ4n) is 3.51. The van der Waals surface area contributed by atoms with Gasteiger partial charge in [0, 0.05) is 51.1 Å². The summed E-state index contributed by atoms with van der Waals surface area (Å²) in [5, 5.41) is 3.19. The Labute approximate surface area is 141 Å². The molecule has 0 spiro atoms. The van der Waals surface area contributed by atoms with E-state index in [2.05, 4.69) is 45.6 Å². The van der Waals surface area contributed by atoms with Gasteiger partial charge in [0.1, 0.15) is 11.7 Å². The molecular formula is C18H21N5O. The van der Waals surface area contributed by atoms with Crippen molar-refractivity contribution in [3.8, 4) is 0 Å². The highest BCUT2D eigenvalue weighted by Crippen LogP contribution is 2.32. The summed E-state index contributed by atoms with van der Waals surface area (Å²) >= 11 is 0. The Hall–Kier alpha value is -2.63. The van der Waals surface area contributed by atoms with Gasteiger partial charge in [-0.25, -0.2) is 9.98 Å². The topological polar surface area (TPSA) is 60.8 Å². The normalized spacial score (nSPS) is 25.3. The summed E-state index contributed by atoms with van der Waals surface area (Å²) in [6, 6.07) is 6.21. The molecule has 0 aliphatic carbocycles. The number of aromatic nitrogens is 1. The molecule has 0 aromatic carbocycles. The molecule has 1 aromatic heterocycles. The first kappa shape index (κ1) is 14.9. The van der Waals surface area contributed by atoms with Crippen molar-refractivity contribution in [2.75, 3.05) is 31.1 Å². The van der Waals surface area contributed by atoms with Gasteiger partial charge < -0.3 is 15.1 Å². The molecular weight excluding hydrogens is 302 g/mol. The number of pyridine rings is 1. The Bertz CT molecular complexity index is 731. The van der Waals surface area contributed by atoms with Crippen LogP contribution in [0, 0.1) is 5.92 Å². The van der Waals surface area contributed by atoms with E-state index in [-0.39, 0.29) is 17.7 Å². The van der Waals surface area contributed by atoms with E-state index in [4.69, 9.17) is 4.98 Å². The number of allylic oxidation sites excluding steroid dienone is 1.